The number of aliphatic hydroxyl groups is 1. The average molecular weight is 630 g/mol. The van der Waals surface area contributed by atoms with Gasteiger partial charge < -0.3 is 30.9 Å². The second-order valence-corrected chi connectivity index (χ2v) is 10.8. The molecule has 0 bridgehead atoms. The summed E-state index contributed by atoms with van der Waals surface area (Å²) in [6.07, 6.45) is 23.0. The smallest absolute Gasteiger partial charge is 0.407 e. The number of aliphatic hydroxyl groups excluding tert-OH is 1. The number of rotatable bonds is 19. The van der Waals surface area contributed by atoms with Crippen LogP contribution in [-0.2, 0) is 9.53 Å². The molecule has 1 aliphatic rings. The maximum atomic E-state index is 15.4. The number of carbonyl (C=O) groups is 2. The number of hydrogen-bond acceptors (Lipinski definition) is 7. The highest BCUT2D eigenvalue weighted by molar-refractivity contribution is 5.75. The molecule has 0 radical (unpaired) electrons. The Kier molecular flexibility index (Phi) is 16.6. The number of unbranched alkanes of at least 4 members (excludes halogenated alkanes) is 1. The SMILES string of the molecule is CC/C=C\C/C=C\C/C=C\C/C=C\C/C=C\CCCC(=O)NCCN(C[C@H]1O[C@@H](n2ccc(N)nc2=O)[C@](C)(F)[C@@H]1O)C(=O)O. The van der Waals surface area contributed by atoms with Crippen molar-refractivity contribution in [3.8, 4) is 0 Å². The summed E-state index contributed by atoms with van der Waals surface area (Å²) in [6, 6.07) is 1.29. The van der Waals surface area contributed by atoms with E-state index in [0.717, 1.165) is 54.9 Å². The third-order valence-corrected chi connectivity index (χ3v) is 7.13. The molecule has 2 amide bonds. The monoisotopic (exact) mass is 629 g/mol. The highest BCUT2D eigenvalue weighted by atomic mass is 19.1. The highest BCUT2D eigenvalue weighted by Crippen LogP contribution is 2.40. The first-order valence-corrected chi connectivity index (χ1v) is 15.4. The fourth-order valence-electron chi connectivity index (χ4n) is 4.62. The van der Waals surface area contributed by atoms with E-state index in [2.05, 4.69) is 71.9 Å². The fraction of sp³-hybridized carbons (Fsp3) is 0.515. The van der Waals surface area contributed by atoms with Gasteiger partial charge in [0.15, 0.2) is 11.9 Å². The van der Waals surface area contributed by atoms with E-state index < -0.39 is 35.9 Å². The van der Waals surface area contributed by atoms with Crippen LogP contribution >= 0.6 is 0 Å². The van der Waals surface area contributed by atoms with Crippen molar-refractivity contribution >= 4 is 17.8 Å². The van der Waals surface area contributed by atoms with Crippen LogP contribution in [0.15, 0.2) is 77.8 Å². The van der Waals surface area contributed by atoms with Gasteiger partial charge in [0.2, 0.25) is 5.91 Å². The molecule has 1 aromatic heterocycles. The number of hydrogen-bond donors (Lipinski definition) is 4. The molecule has 2 rings (SSSR count). The summed E-state index contributed by atoms with van der Waals surface area (Å²) in [5, 5.41) is 22.9. The number of ether oxygens (including phenoxy) is 1. The van der Waals surface area contributed by atoms with Crippen LogP contribution in [0.25, 0.3) is 0 Å². The van der Waals surface area contributed by atoms with Crippen molar-refractivity contribution in [1.82, 2.24) is 19.8 Å². The number of carboxylic acid groups (broad SMARTS) is 1. The molecule has 12 heteroatoms. The molecule has 248 valence electrons. The second kappa shape index (κ2) is 20.1. The zero-order valence-corrected chi connectivity index (χ0v) is 26.3. The number of amides is 2. The molecule has 2 heterocycles. The van der Waals surface area contributed by atoms with Crippen molar-refractivity contribution in [2.75, 3.05) is 25.4 Å². The first-order valence-electron chi connectivity index (χ1n) is 15.4. The summed E-state index contributed by atoms with van der Waals surface area (Å²) in [7, 11) is 0. The van der Waals surface area contributed by atoms with Gasteiger partial charge in [0.1, 0.15) is 18.0 Å². The van der Waals surface area contributed by atoms with E-state index in [1.807, 2.05) is 6.08 Å². The molecular formula is C33H48FN5O6. The number of allylic oxidation sites excluding steroid dienone is 10. The van der Waals surface area contributed by atoms with Gasteiger partial charge in [-0.1, -0.05) is 67.7 Å². The lowest BCUT2D eigenvalue weighted by Gasteiger charge is -2.25. The Morgan fingerprint density at radius 3 is 2.22 bits per heavy atom. The third-order valence-electron chi connectivity index (χ3n) is 7.13. The largest absolute Gasteiger partial charge is 0.465 e. The summed E-state index contributed by atoms with van der Waals surface area (Å²) < 4.78 is 21.9. The van der Waals surface area contributed by atoms with Gasteiger partial charge in [0.05, 0.1) is 6.54 Å². The number of aromatic nitrogens is 2. The molecule has 0 aliphatic carbocycles. The van der Waals surface area contributed by atoms with Crippen molar-refractivity contribution in [1.29, 1.82) is 0 Å². The lowest BCUT2D eigenvalue weighted by molar-refractivity contribution is -0.121. The molecule has 0 saturated carbocycles. The molecule has 11 nitrogen and oxygen atoms in total. The van der Waals surface area contributed by atoms with Gasteiger partial charge in [-0.05, 0) is 57.9 Å². The predicted octanol–water partition coefficient (Wildman–Crippen LogP) is 4.83. The lowest BCUT2D eigenvalue weighted by atomic mass is 9.98. The molecule has 0 unspecified atom stereocenters. The molecule has 1 saturated heterocycles. The molecule has 1 aliphatic heterocycles. The van der Waals surface area contributed by atoms with Crippen LogP contribution in [0.4, 0.5) is 15.0 Å². The van der Waals surface area contributed by atoms with Gasteiger partial charge in [0.25, 0.3) is 0 Å². The lowest BCUT2D eigenvalue weighted by Crippen LogP contribution is -2.47. The second-order valence-electron chi connectivity index (χ2n) is 10.8. The van der Waals surface area contributed by atoms with Gasteiger partial charge in [-0.25, -0.2) is 14.0 Å². The van der Waals surface area contributed by atoms with Crippen LogP contribution in [0.1, 0.15) is 71.4 Å². The van der Waals surface area contributed by atoms with Crippen molar-refractivity contribution in [3.05, 3.63) is 83.5 Å². The van der Waals surface area contributed by atoms with E-state index in [-0.39, 0.29) is 37.8 Å². The topological polar surface area (TPSA) is 160 Å². The maximum Gasteiger partial charge on any atom is 0.407 e. The molecule has 0 aromatic carbocycles. The van der Waals surface area contributed by atoms with Gasteiger partial charge in [-0.15, -0.1) is 0 Å². The predicted molar refractivity (Wildman–Crippen MR) is 173 cm³/mol. The van der Waals surface area contributed by atoms with Gasteiger partial charge >= 0.3 is 11.8 Å². The van der Waals surface area contributed by atoms with Crippen LogP contribution < -0.4 is 16.7 Å². The minimum absolute atomic E-state index is 0.0350. The van der Waals surface area contributed by atoms with Gasteiger partial charge in [-0.3, -0.25) is 9.36 Å². The Hall–Kier alpha value is -4.03. The number of nitrogens with zero attached hydrogens (tertiary/aromatic N) is 3. The number of halogens is 1. The minimum atomic E-state index is -2.41. The maximum absolute atomic E-state index is 15.4. The Balaban J connectivity index is 1.64. The van der Waals surface area contributed by atoms with Crippen molar-refractivity contribution in [2.45, 2.75) is 89.3 Å². The minimum Gasteiger partial charge on any atom is -0.465 e. The Morgan fingerprint density at radius 1 is 1.09 bits per heavy atom. The van der Waals surface area contributed by atoms with Crippen molar-refractivity contribution in [3.63, 3.8) is 0 Å². The molecule has 45 heavy (non-hydrogen) atoms. The van der Waals surface area contributed by atoms with Crippen LogP contribution in [0.3, 0.4) is 0 Å². The van der Waals surface area contributed by atoms with E-state index in [1.165, 1.54) is 12.3 Å². The first-order chi connectivity index (χ1) is 21.6. The number of nitrogen functional groups attached to an aromatic ring is 1. The Morgan fingerprint density at radius 2 is 1.67 bits per heavy atom. The number of nitrogens with one attached hydrogen (secondary N) is 1. The number of carbonyl (C=O) groups excluding carboxylic acids is 1. The van der Waals surface area contributed by atoms with Crippen LogP contribution in [0.2, 0.25) is 0 Å². The summed E-state index contributed by atoms with van der Waals surface area (Å²) in [6.45, 7) is 2.76. The molecule has 1 fully saturated rings. The number of anilines is 1. The zero-order valence-electron chi connectivity index (χ0n) is 26.3. The molecular weight excluding hydrogens is 581 g/mol. The first kappa shape index (κ1) is 37.2. The van der Waals surface area contributed by atoms with Crippen molar-refractivity contribution in [2.24, 2.45) is 0 Å². The van der Waals surface area contributed by atoms with Crippen LogP contribution in [0, 0.1) is 0 Å². The van der Waals surface area contributed by atoms with E-state index >= 15 is 4.39 Å². The molecule has 1 aromatic rings. The van der Waals surface area contributed by atoms with E-state index in [4.69, 9.17) is 10.5 Å². The van der Waals surface area contributed by atoms with Gasteiger partial charge in [0, 0.05) is 25.7 Å². The van der Waals surface area contributed by atoms with E-state index in [9.17, 15) is 24.6 Å². The Labute approximate surface area is 264 Å². The Bertz CT molecular complexity index is 1270. The third kappa shape index (κ3) is 13.2. The fourth-order valence-corrected chi connectivity index (χ4v) is 4.62. The standard InChI is InChI=1S/C33H48FN5O6/c1-3-4-5-6-7-8-9-10-11-12-13-14-15-16-17-18-19-20-28(40)36-22-24-38(32(43)44)25-26-29(41)33(2,34)30(45-26)39-23-21-27(35)37-31(39)42/h4-5,7-8,10-11,13-14,16-17,21,23,26,29-30,41H,3,6,9,12,15,18-20,22,24-25H2,1-2H3,(H,36,40)(H,43,44)(H2,35,37,42)/b5-4-,8-7-,11-10-,14-13-,17-16-/t26-,29-,30-,33-/m1/s1. The van der Waals surface area contributed by atoms with E-state index in [1.54, 1.807) is 0 Å². The van der Waals surface area contributed by atoms with E-state index in [0.29, 0.717) is 6.42 Å². The van der Waals surface area contributed by atoms with Crippen LogP contribution in [0.5, 0.6) is 0 Å². The molecule has 0 spiro atoms. The zero-order chi connectivity index (χ0) is 33.1. The van der Waals surface area contributed by atoms with Crippen LogP contribution in [-0.4, -0.2) is 74.2 Å². The summed E-state index contributed by atoms with van der Waals surface area (Å²) in [5.74, 6) is -0.267. The number of alkyl halides is 1. The summed E-state index contributed by atoms with van der Waals surface area (Å²) >= 11 is 0. The quantitative estimate of drug-likeness (QED) is 0.125. The normalized spacial score (nSPS) is 22.1. The molecule has 4 atom stereocenters. The number of nitrogens with two attached hydrogens (primary N) is 1. The van der Waals surface area contributed by atoms with Gasteiger partial charge in [-0.2, -0.15) is 4.98 Å². The average Bonchev–Trinajstić information content (AvgIpc) is 3.21. The summed E-state index contributed by atoms with van der Waals surface area (Å²) in [4.78, 5) is 40.7. The highest BCUT2D eigenvalue weighted by Gasteiger charge is 2.55. The van der Waals surface area contributed by atoms with Crippen molar-refractivity contribution < 1.29 is 28.9 Å². The summed E-state index contributed by atoms with van der Waals surface area (Å²) in [5.41, 5.74) is 2.21. The molecule has 5 N–H and O–H groups in total.